The van der Waals surface area contributed by atoms with Crippen molar-refractivity contribution in [3.05, 3.63) is 88.4 Å². The minimum Gasteiger partial charge on any atom is -0.344 e. The average molecular weight is 562 g/mol. The summed E-state index contributed by atoms with van der Waals surface area (Å²) >= 11 is 1.46. The zero-order chi connectivity index (χ0) is 24.1. The van der Waals surface area contributed by atoms with Crippen LogP contribution in [0.5, 0.6) is 0 Å². The van der Waals surface area contributed by atoms with Gasteiger partial charge in [-0.25, -0.2) is 0 Å². The van der Waals surface area contributed by atoms with Crippen LogP contribution in [0.3, 0.4) is 0 Å². The highest BCUT2D eigenvalue weighted by atomic mass is 35.5. The van der Waals surface area contributed by atoms with Gasteiger partial charge in [0.1, 0.15) is 0 Å². The van der Waals surface area contributed by atoms with Crippen LogP contribution >= 0.6 is 36.2 Å². The van der Waals surface area contributed by atoms with E-state index in [0.717, 1.165) is 67.9 Å². The van der Waals surface area contributed by atoms with E-state index >= 15 is 0 Å². The molecular weight excluding hydrogens is 527 g/mol. The highest BCUT2D eigenvalue weighted by Gasteiger charge is 2.47. The first-order valence-corrected chi connectivity index (χ1v) is 13.3. The summed E-state index contributed by atoms with van der Waals surface area (Å²) < 4.78 is 0. The third-order valence-corrected chi connectivity index (χ3v) is 8.37. The van der Waals surface area contributed by atoms with Crippen LogP contribution < -0.4 is 5.32 Å². The predicted octanol–water partition coefficient (Wildman–Crippen LogP) is 5.36. The van der Waals surface area contributed by atoms with Crippen LogP contribution in [-0.4, -0.2) is 52.8 Å². The maximum absolute atomic E-state index is 13.3. The standard InChI is InChI=1S/C28H32N4O2S.2ClH/c33-26(25-9-5-19-35-25)30-24(23-7-2-1-3-8-23)10-15-31-16-11-28(12-17-31)13-18-32(27(28)34)21-22-6-4-14-29-20-22;;/h1-9,14,19-20,24H,10-13,15-18,21H2,(H,30,33);2*1H. The van der Waals surface area contributed by atoms with Crippen LogP contribution in [0.25, 0.3) is 0 Å². The van der Waals surface area contributed by atoms with Crippen molar-refractivity contribution < 1.29 is 9.59 Å². The molecule has 1 N–H and O–H groups in total. The lowest BCUT2D eigenvalue weighted by Crippen LogP contribution is -2.45. The number of pyridine rings is 1. The van der Waals surface area contributed by atoms with Crippen LogP contribution in [0.2, 0.25) is 0 Å². The molecule has 0 saturated carbocycles. The van der Waals surface area contributed by atoms with Crippen molar-refractivity contribution in [1.82, 2.24) is 20.1 Å². The summed E-state index contributed by atoms with van der Waals surface area (Å²) in [6.07, 6.45) is 7.22. The van der Waals surface area contributed by atoms with Gasteiger partial charge < -0.3 is 15.1 Å². The minimum atomic E-state index is -0.203. The molecule has 2 saturated heterocycles. The largest absolute Gasteiger partial charge is 0.344 e. The molecule has 1 unspecified atom stereocenters. The Hall–Kier alpha value is -2.45. The van der Waals surface area contributed by atoms with E-state index in [2.05, 4.69) is 27.3 Å². The number of thiophene rings is 1. The van der Waals surface area contributed by atoms with Gasteiger partial charge in [0.15, 0.2) is 0 Å². The van der Waals surface area contributed by atoms with Gasteiger partial charge in [-0.05, 0) is 67.4 Å². The number of amides is 2. The number of piperidine rings is 1. The number of hydrogen-bond donors (Lipinski definition) is 1. The van der Waals surface area contributed by atoms with E-state index in [-0.39, 0.29) is 42.2 Å². The molecule has 2 aromatic heterocycles. The topological polar surface area (TPSA) is 65.5 Å². The number of halogens is 2. The molecule has 1 spiro atoms. The molecule has 0 bridgehead atoms. The van der Waals surface area contributed by atoms with Crippen LogP contribution in [0.1, 0.15) is 52.5 Å². The van der Waals surface area contributed by atoms with E-state index in [4.69, 9.17) is 0 Å². The van der Waals surface area contributed by atoms with Gasteiger partial charge >= 0.3 is 0 Å². The molecule has 0 radical (unpaired) electrons. The van der Waals surface area contributed by atoms with E-state index in [9.17, 15) is 9.59 Å². The fourth-order valence-electron chi connectivity index (χ4n) is 5.38. The Bertz CT molecular complexity index is 1120. The molecule has 2 fully saturated rings. The molecule has 2 aliphatic heterocycles. The lowest BCUT2D eigenvalue weighted by atomic mass is 9.77. The van der Waals surface area contributed by atoms with Crippen LogP contribution in [0.4, 0.5) is 0 Å². The van der Waals surface area contributed by atoms with Crippen molar-refractivity contribution in [3.63, 3.8) is 0 Å². The number of benzene rings is 1. The second-order valence-corrected chi connectivity index (χ2v) is 10.6. The van der Waals surface area contributed by atoms with Crippen molar-refractivity contribution in [2.75, 3.05) is 26.2 Å². The number of rotatable bonds is 8. The summed E-state index contributed by atoms with van der Waals surface area (Å²) in [6.45, 7) is 4.23. The zero-order valence-corrected chi connectivity index (χ0v) is 23.2. The molecule has 37 heavy (non-hydrogen) atoms. The summed E-state index contributed by atoms with van der Waals surface area (Å²) in [4.78, 5) is 35.5. The van der Waals surface area contributed by atoms with Crippen LogP contribution in [0.15, 0.2) is 72.4 Å². The summed E-state index contributed by atoms with van der Waals surface area (Å²) in [5.41, 5.74) is 2.01. The molecule has 0 aliphatic carbocycles. The highest BCUT2D eigenvalue weighted by Crippen LogP contribution is 2.42. The van der Waals surface area contributed by atoms with E-state index in [0.29, 0.717) is 12.5 Å². The molecule has 3 aromatic rings. The highest BCUT2D eigenvalue weighted by molar-refractivity contribution is 7.12. The maximum Gasteiger partial charge on any atom is 0.261 e. The molecule has 5 rings (SSSR count). The summed E-state index contributed by atoms with van der Waals surface area (Å²) in [7, 11) is 0. The van der Waals surface area contributed by atoms with E-state index in [1.54, 1.807) is 6.20 Å². The van der Waals surface area contributed by atoms with E-state index in [1.807, 2.05) is 58.9 Å². The van der Waals surface area contributed by atoms with Crippen LogP contribution in [0, 0.1) is 5.41 Å². The first-order valence-electron chi connectivity index (χ1n) is 12.4. The van der Waals surface area contributed by atoms with Gasteiger partial charge in [-0.15, -0.1) is 36.2 Å². The van der Waals surface area contributed by atoms with E-state index < -0.39 is 0 Å². The predicted molar refractivity (Wildman–Crippen MR) is 152 cm³/mol. The van der Waals surface area contributed by atoms with Gasteiger partial charge in [0, 0.05) is 32.0 Å². The third-order valence-electron chi connectivity index (χ3n) is 7.50. The molecular formula is C28H34Cl2N4O2S. The lowest BCUT2D eigenvalue weighted by molar-refractivity contribution is -0.138. The van der Waals surface area contributed by atoms with Crippen molar-refractivity contribution in [3.8, 4) is 0 Å². The first kappa shape index (κ1) is 29.1. The molecule has 2 aliphatic rings. The maximum atomic E-state index is 13.3. The fraction of sp³-hybridized carbons (Fsp3) is 0.393. The second kappa shape index (κ2) is 13.4. The smallest absolute Gasteiger partial charge is 0.261 e. The molecule has 2 amide bonds. The lowest BCUT2D eigenvalue weighted by Gasteiger charge is -2.38. The number of nitrogens with zero attached hydrogens (tertiary/aromatic N) is 3. The van der Waals surface area contributed by atoms with Crippen molar-refractivity contribution in [2.24, 2.45) is 5.41 Å². The molecule has 9 heteroatoms. The minimum absolute atomic E-state index is 0. The number of likely N-dealkylation sites (tertiary alicyclic amines) is 2. The monoisotopic (exact) mass is 560 g/mol. The van der Waals surface area contributed by atoms with Crippen molar-refractivity contribution >= 4 is 48.0 Å². The number of hydrogen-bond acceptors (Lipinski definition) is 5. The number of aromatic nitrogens is 1. The van der Waals surface area contributed by atoms with E-state index in [1.165, 1.54) is 11.3 Å². The number of carbonyl (C=O) groups is 2. The zero-order valence-electron chi connectivity index (χ0n) is 20.8. The Morgan fingerprint density at radius 3 is 2.43 bits per heavy atom. The number of nitrogens with one attached hydrogen (secondary N) is 1. The Balaban J connectivity index is 0.00000190. The molecule has 1 atom stereocenters. The van der Waals surface area contributed by atoms with Crippen LogP contribution in [-0.2, 0) is 11.3 Å². The number of carbonyl (C=O) groups excluding carboxylic acids is 2. The van der Waals surface area contributed by atoms with Gasteiger partial charge in [0.2, 0.25) is 5.91 Å². The third kappa shape index (κ3) is 6.90. The van der Waals surface area contributed by atoms with Gasteiger partial charge in [-0.3, -0.25) is 14.6 Å². The normalized spacial score (nSPS) is 17.6. The molecule has 6 nitrogen and oxygen atoms in total. The van der Waals surface area contributed by atoms with Crippen molar-refractivity contribution in [2.45, 2.75) is 38.3 Å². The summed E-state index contributed by atoms with van der Waals surface area (Å²) in [5.74, 6) is 0.295. The van der Waals surface area contributed by atoms with Gasteiger partial charge in [-0.1, -0.05) is 42.5 Å². The summed E-state index contributed by atoms with van der Waals surface area (Å²) in [5, 5.41) is 5.17. The second-order valence-electron chi connectivity index (χ2n) is 9.66. The van der Waals surface area contributed by atoms with Gasteiger partial charge in [0.25, 0.3) is 5.91 Å². The SMILES string of the molecule is Cl.Cl.O=C(NC(CCN1CCC2(CC1)CCN(Cc1cccnc1)C2=O)c1ccccc1)c1cccs1. The summed E-state index contributed by atoms with van der Waals surface area (Å²) in [6, 6.07) is 17.9. The molecule has 4 heterocycles. The molecule has 198 valence electrons. The van der Waals surface area contributed by atoms with Gasteiger partial charge in [-0.2, -0.15) is 0 Å². The molecule has 1 aromatic carbocycles. The Morgan fingerprint density at radius 2 is 1.76 bits per heavy atom. The Kier molecular flexibility index (Phi) is 10.5. The Labute approximate surface area is 235 Å². The quantitative estimate of drug-likeness (QED) is 0.402. The average Bonchev–Trinajstić information content (AvgIpc) is 3.54. The fourth-order valence-corrected chi connectivity index (χ4v) is 6.01. The van der Waals surface area contributed by atoms with Crippen molar-refractivity contribution in [1.29, 1.82) is 0 Å². The van der Waals surface area contributed by atoms with Gasteiger partial charge in [0.05, 0.1) is 16.3 Å². The Morgan fingerprint density at radius 1 is 1.00 bits per heavy atom. The first-order chi connectivity index (χ1) is 17.1.